The van der Waals surface area contributed by atoms with Crippen LogP contribution in [0.3, 0.4) is 0 Å². The fraction of sp³-hybridized carbons (Fsp3) is 1.00. The first kappa shape index (κ1) is 7.38. The maximum atomic E-state index is 9.09. The van der Waals surface area contributed by atoms with E-state index >= 15 is 0 Å². The second-order valence-electron chi connectivity index (χ2n) is 2.35. The average molecular weight is 148 g/mol. The molecular weight excluding hydrogens is 136 g/mol. The first-order valence-electron chi connectivity index (χ1n) is 3.23. The van der Waals surface area contributed by atoms with Gasteiger partial charge in [0.05, 0.1) is 12.7 Å². The molecule has 54 valence electrons. The van der Waals surface area contributed by atoms with Gasteiger partial charge in [0.1, 0.15) is 0 Å². The lowest BCUT2D eigenvalue weighted by Crippen LogP contribution is -2.24. The fourth-order valence-electron chi connectivity index (χ4n) is 0.987. The van der Waals surface area contributed by atoms with E-state index in [4.69, 9.17) is 10.2 Å². The Morgan fingerprint density at radius 2 is 2.33 bits per heavy atom. The highest BCUT2D eigenvalue weighted by atomic mass is 32.2. The van der Waals surface area contributed by atoms with Crippen molar-refractivity contribution < 1.29 is 10.2 Å². The zero-order valence-corrected chi connectivity index (χ0v) is 6.10. The maximum Gasteiger partial charge on any atom is 0.0559 e. The second kappa shape index (κ2) is 3.44. The van der Waals surface area contributed by atoms with Crippen molar-refractivity contribution in [2.24, 2.45) is 0 Å². The van der Waals surface area contributed by atoms with E-state index in [1.807, 2.05) is 0 Å². The summed E-state index contributed by atoms with van der Waals surface area (Å²) >= 11 is 1.76. The molecule has 0 aromatic heterocycles. The molecule has 0 amide bonds. The smallest absolute Gasteiger partial charge is 0.0559 e. The van der Waals surface area contributed by atoms with Crippen LogP contribution in [-0.4, -0.2) is 33.9 Å². The number of hydrogen-bond donors (Lipinski definition) is 2. The number of aliphatic hydroxyl groups excluding tert-OH is 2. The zero-order chi connectivity index (χ0) is 6.69. The van der Waals surface area contributed by atoms with Gasteiger partial charge in [-0.25, -0.2) is 0 Å². The molecule has 2 N–H and O–H groups in total. The summed E-state index contributed by atoms with van der Waals surface area (Å²) in [6.45, 7) is 0.210. The Hall–Kier alpha value is 0.270. The Balaban J connectivity index is 2.23. The molecule has 1 aliphatic heterocycles. The first-order valence-corrected chi connectivity index (χ1v) is 4.28. The highest BCUT2D eigenvalue weighted by molar-refractivity contribution is 7.99. The van der Waals surface area contributed by atoms with Crippen molar-refractivity contribution in [1.82, 2.24) is 0 Å². The normalized spacial score (nSPS) is 36.7. The second-order valence-corrected chi connectivity index (χ2v) is 3.76. The van der Waals surface area contributed by atoms with Gasteiger partial charge in [0.25, 0.3) is 0 Å². The molecule has 0 aromatic rings. The van der Waals surface area contributed by atoms with Crippen molar-refractivity contribution >= 4 is 11.8 Å². The zero-order valence-electron chi connectivity index (χ0n) is 5.29. The number of rotatable bonds is 1. The number of hydrogen-bond acceptors (Lipinski definition) is 3. The minimum Gasteiger partial charge on any atom is -0.395 e. The lowest BCUT2D eigenvalue weighted by atomic mass is 10.1. The quantitative estimate of drug-likeness (QED) is 0.559. The van der Waals surface area contributed by atoms with Crippen molar-refractivity contribution in [3.63, 3.8) is 0 Å². The van der Waals surface area contributed by atoms with Gasteiger partial charge in [-0.3, -0.25) is 0 Å². The van der Waals surface area contributed by atoms with Gasteiger partial charge in [-0.05, 0) is 18.6 Å². The molecule has 1 saturated heterocycles. The monoisotopic (exact) mass is 148 g/mol. The predicted octanol–water partition coefficient (Wildman–Crippen LogP) is 0.235. The van der Waals surface area contributed by atoms with Gasteiger partial charge in [-0.1, -0.05) is 0 Å². The number of aliphatic hydroxyl groups is 2. The molecule has 0 aliphatic carbocycles. The van der Waals surface area contributed by atoms with Gasteiger partial charge < -0.3 is 10.2 Å². The first-order chi connectivity index (χ1) is 4.33. The molecule has 9 heavy (non-hydrogen) atoms. The molecule has 0 aromatic carbocycles. The standard InChI is InChI=1S/C6H12O2S/c7-4-6-3-5(8)1-2-9-6/h5-8H,1-4H2. The van der Waals surface area contributed by atoms with Crippen LogP contribution < -0.4 is 0 Å². The SMILES string of the molecule is OCC1CC(O)CCS1. The van der Waals surface area contributed by atoms with E-state index in [0.29, 0.717) is 0 Å². The van der Waals surface area contributed by atoms with Crippen molar-refractivity contribution in [1.29, 1.82) is 0 Å². The Bertz CT molecular complexity index is 87.1. The highest BCUT2D eigenvalue weighted by Crippen LogP contribution is 2.24. The van der Waals surface area contributed by atoms with Gasteiger partial charge in [0.15, 0.2) is 0 Å². The van der Waals surface area contributed by atoms with Crippen molar-refractivity contribution in [2.75, 3.05) is 12.4 Å². The largest absolute Gasteiger partial charge is 0.395 e. The minimum absolute atomic E-state index is 0.164. The third-order valence-electron chi connectivity index (χ3n) is 1.54. The van der Waals surface area contributed by atoms with E-state index in [0.717, 1.165) is 18.6 Å². The van der Waals surface area contributed by atoms with Crippen LogP contribution >= 0.6 is 11.8 Å². The Kier molecular flexibility index (Phi) is 2.82. The molecule has 2 unspecified atom stereocenters. The van der Waals surface area contributed by atoms with E-state index in [9.17, 15) is 0 Å². The molecule has 3 heteroatoms. The summed E-state index contributed by atoms with van der Waals surface area (Å²) in [4.78, 5) is 0. The molecule has 1 aliphatic rings. The van der Waals surface area contributed by atoms with E-state index in [1.165, 1.54) is 0 Å². The molecule has 1 heterocycles. The summed E-state index contributed by atoms with van der Waals surface area (Å²) in [6, 6.07) is 0. The van der Waals surface area contributed by atoms with Gasteiger partial charge >= 0.3 is 0 Å². The summed E-state index contributed by atoms with van der Waals surface area (Å²) in [6.07, 6.45) is 1.49. The lowest BCUT2D eigenvalue weighted by molar-refractivity contribution is 0.145. The molecule has 1 rings (SSSR count). The van der Waals surface area contributed by atoms with Crippen LogP contribution in [0.15, 0.2) is 0 Å². The third-order valence-corrected chi connectivity index (χ3v) is 2.83. The molecule has 0 saturated carbocycles. The lowest BCUT2D eigenvalue weighted by Gasteiger charge is -2.23. The fourth-order valence-corrected chi connectivity index (χ4v) is 2.19. The van der Waals surface area contributed by atoms with Crippen LogP contribution in [0.25, 0.3) is 0 Å². The highest BCUT2D eigenvalue weighted by Gasteiger charge is 2.19. The van der Waals surface area contributed by atoms with Crippen LogP contribution in [0.2, 0.25) is 0 Å². The summed E-state index contributed by atoms with van der Waals surface area (Å²) in [5.41, 5.74) is 0. The van der Waals surface area contributed by atoms with Crippen molar-refractivity contribution in [3.05, 3.63) is 0 Å². The summed E-state index contributed by atoms with van der Waals surface area (Å²) < 4.78 is 0. The Morgan fingerprint density at radius 1 is 1.56 bits per heavy atom. The Labute approximate surface area is 59.3 Å². The van der Waals surface area contributed by atoms with Gasteiger partial charge in [-0.2, -0.15) is 11.8 Å². The third kappa shape index (κ3) is 2.16. The molecule has 0 radical (unpaired) electrons. The van der Waals surface area contributed by atoms with Crippen LogP contribution in [0.4, 0.5) is 0 Å². The van der Waals surface area contributed by atoms with E-state index < -0.39 is 0 Å². The number of thioether (sulfide) groups is 1. The van der Waals surface area contributed by atoms with Crippen molar-refractivity contribution in [2.45, 2.75) is 24.2 Å². The maximum absolute atomic E-state index is 9.09. The topological polar surface area (TPSA) is 40.5 Å². The Morgan fingerprint density at radius 3 is 2.78 bits per heavy atom. The van der Waals surface area contributed by atoms with Crippen molar-refractivity contribution in [3.8, 4) is 0 Å². The molecule has 0 spiro atoms. The van der Waals surface area contributed by atoms with E-state index in [2.05, 4.69) is 0 Å². The van der Waals surface area contributed by atoms with Gasteiger partial charge in [-0.15, -0.1) is 0 Å². The van der Waals surface area contributed by atoms with Crippen LogP contribution in [-0.2, 0) is 0 Å². The predicted molar refractivity (Wildman–Crippen MR) is 38.6 cm³/mol. The van der Waals surface area contributed by atoms with Crippen LogP contribution in [0.1, 0.15) is 12.8 Å². The molecule has 0 bridgehead atoms. The van der Waals surface area contributed by atoms with E-state index in [-0.39, 0.29) is 18.0 Å². The summed E-state index contributed by atoms with van der Waals surface area (Å²) in [5.74, 6) is 0.992. The summed E-state index contributed by atoms with van der Waals surface area (Å²) in [5, 5.41) is 18.0. The minimum atomic E-state index is -0.164. The molecule has 2 nitrogen and oxygen atoms in total. The average Bonchev–Trinajstić information content (AvgIpc) is 1.88. The summed E-state index contributed by atoms with van der Waals surface area (Å²) in [7, 11) is 0. The van der Waals surface area contributed by atoms with E-state index in [1.54, 1.807) is 11.8 Å². The molecule has 2 atom stereocenters. The molecule has 1 fully saturated rings. The van der Waals surface area contributed by atoms with Gasteiger partial charge in [0.2, 0.25) is 0 Å². The molecular formula is C6H12O2S. The van der Waals surface area contributed by atoms with Gasteiger partial charge in [0, 0.05) is 5.25 Å². The van der Waals surface area contributed by atoms with Crippen LogP contribution in [0, 0.1) is 0 Å². The van der Waals surface area contributed by atoms with Crippen LogP contribution in [0.5, 0.6) is 0 Å².